The van der Waals surface area contributed by atoms with Crippen LogP contribution in [0.15, 0.2) is 60.7 Å². The predicted molar refractivity (Wildman–Crippen MR) is 141 cm³/mol. The molecule has 1 fully saturated rings. The Balaban J connectivity index is 1.65. The predicted octanol–water partition coefficient (Wildman–Crippen LogP) is 5.35. The summed E-state index contributed by atoms with van der Waals surface area (Å²) >= 11 is 0. The number of urea groups is 1. The number of amides is 3. The highest BCUT2D eigenvalue weighted by Gasteiger charge is 2.60. The monoisotopic (exact) mass is 501 g/mol. The zero-order valence-electron chi connectivity index (χ0n) is 21.6. The molecule has 0 aromatic heterocycles. The molecular formula is C29H31N3O5. The van der Waals surface area contributed by atoms with E-state index in [9.17, 15) is 9.59 Å². The standard InChI is InChI=1S/C29H31N3O5/c1-6-36-23-12-8-11-21-25-24(27(33)30-22-14-13-17(2)15-18(22)3)29(4,37-26(21)23)32(28(34)31-25)19-9-7-10-20(16-19)35-5/h7-16,24-25H,6H2,1-5H3,(H,30,33)(H,31,34)/t24-,25+,29-/m0/s1. The summed E-state index contributed by atoms with van der Waals surface area (Å²) < 4.78 is 17.9. The average Bonchev–Trinajstić information content (AvgIpc) is 2.86. The van der Waals surface area contributed by atoms with Gasteiger partial charge in [0.05, 0.1) is 25.4 Å². The van der Waals surface area contributed by atoms with Crippen LogP contribution in [0.5, 0.6) is 17.2 Å². The van der Waals surface area contributed by atoms with Gasteiger partial charge in [0.15, 0.2) is 11.5 Å². The number of hydrogen-bond donors (Lipinski definition) is 2. The van der Waals surface area contributed by atoms with Gasteiger partial charge in [-0.3, -0.25) is 9.69 Å². The molecule has 3 aromatic rings. The fourth-order valence-electron chi connectivity index (χ4n) is 5.34. The van der Waals surface area contributed by atoms with E-state index in [1.807, 2.05) is 57.2 Å². The van der Waals surface area contributed by atoms with E-state index in [0.717, 1.165) is 11.1 Å². The molecule has 2 heterocycles. The van der Waals surface area contributed by atoms with Gasteiger partial charge < -0.3 is 24.8 Å². The highest BCUT2D eigenvalue weighted by Crippen LogP contribution is 2.52. The van der Waals surface area contributed by atoms with E-state index >= 15 is 0 Å². The van der Waals surface area contributed by atoms with Gasteiger partial charge in [-0.25, -0.2) is 4.79 Å². The molecule has 5 rings (SSSR count). The first-order valence-electron chi connectivity index (χ1n) is 12.3. The van der Waals surface area contributed by atoms with Crippen LogP contribution in [-0.4, -0.2) is 31.4 Å². The third-order valence-corrected chi connectivity index (χ3v) is 7.02. The molecule has 2 bridgehead atoms. The van der Waals surface area contributed by atoms with Crippen molar-refractivity contribution in [2.24, 2.45) is 5.92 Å². The minimum absolute atomic E-state index is 0.264. The van der Waals surface area contributed by atoms with Crippen molar-refractivity contribution in [3.05, 3.63) is 77.4 Å². The molecule has 3 amide bonds. The Labute approximate surface area is 216 Å². The Kier molecular flexibility index (Phi) is 6.19. The number of fused-ring (bicyclic) bond motifs is 4. The lowest BCUT2D eigenvalue weighted by Gasteiger charge is -2.54. The van der Waals surface area contributed by atoms with Crippen molar-refractivity contribution >= 4 is 23.3 Å². The topological polar surface area (TPSA) is 89.1 Å². The average molecular weight is 502 g/mol. The SMILES string of the molecule is CCOc1cccc2c1O[C@@]1(C)[C@H](C(=O)Nc3ccc(C)cc3C)[C@@H]2NC(=O)N1c1cccc(OC)c1. The first kappa shape index (κ1) is 24.5. The number of ether oxygens (including phenoxy) is 3. The van der Waals surface area contributed by atoms with E-state index in [0.29, 0.717) is 40.8 Å². The number of hydrogen-bond acceptors (Lipinski definition) is 5. The number of carbonyl (C=O) groups is 2. The summed E-state index contributed by atoms with van der Waals surface area (Å²) in [6.07, 6.45) is 0. The van der Waals surface area contributed by atoms with Gasteiger partial charge in [0.1, 0.15) is 11.7 Å². The Morgan fingerprint density at radius 3 is 2.65 bits per heavy atom. The molecule has 0 spiro atoms. The lowest BCUT2D eigenvalue weighted by molar-refractivity contribution is -0.131. The van der Waals surface area contributed by atoms with Crippen LogP contribution in [0.3, 0.4) is 0 Å². The zero-order chi connectivity index (χ0) is 26.3. The van der Waals surface area contributed by atoms with E-state index in [2.05, 4.69) is 10.6 Å². The summed E-state index contributed by atoms with van der Waals surface area (Å²) in [7, 11) is 1.56. The summed E-state index contributed by atoms with van der Waals surface area (Å²) in [4.78, 5) is 29.1. The molecule has 8 nitrogen and oxygen atoms in total. The number of benzene rings is 3. The molecular weight excluding hydrogens is 470 g/mol. The lowest BCUT2D eigenvalue weighted by atomic mass is 9.78. The second-order valence-electron chi connectivity index (χ2n) is 9.51. The summed E-state index contributed by atoms with van der Waals surface area (Å²) in [5.41, 5.74) is 2.64. The third kappa shape index (κ3) is 4.12. The molecule has 2 aliphatic heterocycles. The Hall–Kier alpha value is -4.20. The fourth-order valence-corrected chi connectivity index (χ4v) is 5.34. The van der Waals surface area contributed by atoms with Crippen molar-refractivity contribution in [1.82, 2.24) is 5.32 Å². The molecule has 0 radical (unpaired) electrons. The molecule has 1 saturated heterocycles. The van der Waals surface area contributed by atoms with Gasteiger partial charge >= 0.3 is 6.03 Å². The molecule has 3 aromatic carbocycles. The van der Waals surface area contributed by atoms with Gasteiger partial charge in [0.2, 0.25) is 11.6 Å². The van der Waals surface area contributed by atoms with Crippen LogP contribution in [-0.2, 0) is 4.79 Å². The van der Waals surface area contributed by atoms with E-state index < -0.39 is 17.7 Å². The molecule has 0 saturated carbocycles. The van der Waals surface area contributed by atoms with E-state index in [4.69, 9.17) is 14.2 Å². The van der Waals surface area contributed by atoms with Gasteiger partial charge in [0.25, 0.3) is 0 Å². The van der Waals surface area contributed by atoms with Crippen molar-refractivity contribution in [1.29, 1.82) is 0 Å². The van der Waals surface area contributed by atoms with Crippen LogP contribution in [0.4, 0.5) is 16.2 Å². The van der Waals surface area contributed by atoms with Crippen LogP contribution in [0.2, 0.25) is 0 Å². The molecule has 0 aliphatic carbocycles. The maximum atomic E-state index is 14.0. The quantitative estimate of drug-likeness (QED) is 0.476. The van der Waals surface area contributed by atoms with Crippen LogP contribution in [0.25, 0.3) is 0 Å². The minimum atomic E-state index is -1.37. The van der Waals surface area contributed by atoms with Crippen molar-refractivity contribution in [3.8, 4) is 17.2 Å². The highest BCUT2D eigenvalue weighted by atomic mass is 16.5. The van der Waals surface area contributed by atoms with Crippen LogP contribution in [0.1, 0.15) is 36.6 Å². The van der Waals surface area contributed by atoms with Crippen molar-refractivity contribution in [2.45, 2.75) is 39.5 Å². The second kappa shape index (κ2) is 9.35. The molecule has 3 atom stereocenters. The van der Waals surface area contributed by atoms with Crippen LogP contribution < -0.4 is 29.7 Å². The third-order valence-electron chi connectivity index (χ3n) is 7.02. The van der Waals surface area contributed by atoms with Gasteiger partial charge in [-0.2, -0.15) is 0 Å². The first-order chi connectivity index (χ1) is 17.8. The Bertz CT molecular complexity index is 1370. The maximum Gasteiger partial charge on any atom is 0.325 e. The molecule has 8 heteroatoms. The summed E-state index contributed by atoms with van der Waals surface area (Å²) in [6, 6.07) is 17.5. The summed E-state index contributed by atoms with van der Waals surface area (Å²) in [5, 5.41) is 6.16. The Morgan fingerprint density at radius 2 is 1.92 bits per heavy atom. The van der Waals surface area contributed by atoms with Crippen LogP contribution >= 0.6 is 0 Å². The van der Waals surface area contributed by atoms with Gasteiger partial charge in [0, 0.05) is 17.3 Å². The molecule has 192 valence electrons. The maximum absolute atomic E-state index is 14.0. The molecule has 37 heavy (non-hydrogen) atoms. The number of methoxy groups -OCH3 is 1. The number of nitrogens with one attached hydrogen (secondary N) is 2. The normalized spacial score (nSPS) is 21.9. The molecule has 0 unspecified atom stereocenters. The summed E-state index contributed by atoms with van der Waals surface area (Å²) in [6.45, 7) is 8.08. The smallest absolute Gasteiger partial charge is 0.325 e. The highest BCUT2D eigenvalue weighted by molar-refractivity contribution is 6.02. The number of nitrogens with zero attached hydrogens (tertiary/aromatic N) is 1. The molecule has 2 N–H and O–H groups in total. The van der Waals surface area contributed by atoms with Gasteiger partial charge in [-0.15, -0.1) is 0 Å². The second-order valence-corrected chi connectivity index (χ2v) is 9.51. The number of aryl methyl sites for hydroxylation is 2. The Morgan fingerprint density at radius 1 is 1.14 bits per heavy atom. The first-order valence-corrected chi connectivity index (χ1v) is 12.3. The molecule has 2 aliphatic rings. The summed E-state index contributed by atoms with van der Waals surface area (Å²) in [5.74, 6) is 0.603. The van der Waals surface area contributed by atoms with Crippen molar-refractivity contribution in [3.63, 3.8) is 0 Å². The fraction of sp³-hybridized carbons (Fsp3) is 0.310. The minimum Gasteiger partial charge on any atom is -0.497 e. The van der Waals surface area contributed by atoms with E-state index in [-0.39, 0.29) is 11.9 Å². The van der Waals surface area contributed by atoms with Crippen molar-refractivity contribution < 1.29 is 23.8 Å². The lowest BCUT2D eigenvalue weighted by Crippen LogP contribution is -2.72. The van der Waals surface area contributed by atoms with Gasteiger partial charge in [-0.1, -0.05) is 35.9 Å². The van der Waals surface area contributed by atoms with E-state index in [1.54, 1.807) is 38.3 Å². The number of carbonyl (C=O) groups excluding carboxylic acids is 2. The van der Waals surface area contributed by atoms with Crippen molar-refractivity contribution in [2.75, 3.05) is 23.9 Å². The number of para-hydroxylation sites is 1. The van der Waals surface area contributed by atoms with Gasteiger partial charge in [-0.05, 0) is 57.5 Å². The van der Waals surface area contributed by atoms with E-state index in [1.165, 1.54) is 4.90 Å². The largest absolute Gasteiger partial charge is 0.497 e. The van der Waals surface area contributed by atoms with Crippen LogP contribution in [0, 0.1) is 19.8 Å². The number of rotatable bonds is 6. The number of anilines is 2. The zero-order valence-corrected chi connectivity index (χ0v) is 21.6.